The van der Waals surface area contributed by atoms with Crippen LogP contribution in [0.5, 0.6) is 0 Å². The van der Waals surface area contributed by atoms with Gasteiger partial charge in [-0.1, -0.05) is 23.7 Å². The summed E-state index contributed by atoms with van der Waals surface area (Å²) in [6.45, 7) is 4.52. The number of halogens is 4. The van der Waals surface area contributed by atoms with Crippen LogP contribution in [-0.2, 0) is 17.3 Å². The van der Waals surface area contributed by atoms with Gasteiger partial charge in [-0.25, -0.2) is 0 Å². The molecule has 1 amide bonds. The number of amides is 1. The van der Waals surface area contributed by atoms with Gasteiger partial charge in [0.15, 0.2) is 0 Å². The summed E-state index contributed by atoms with van der Waals surface area (Å²) < 4.78 is 46.7. The molecule has 0 bridgehead atoms. The van der Waals surface area contributed by atoms with E-state index < -0.39 is 17.8 Å². The van der Waals surface area contributed by atoms with Gasteiger partial charge in [-0.05, 0) is 61.7 Å². The van der Waals surface area contributed by atoms with E-state index in [1.54, 1.807) is 24.0 Å². The first kappa shape index (κ1) is 25.5. The summed E-state index contributed by atoms with van der Waals surface area (Å²) in [5, 5.41) is 9.04. The maximum atomic E-state index is 13.8. The van der Waals surface area contributed by atoms with E-state index in [9.17, 15) is 18.0 Å². The molecule has 10 heteroatoms. The molecule has 1 atom stereocenters. The van der Waals surface area contributed by atoms with Crippen LogP contribution in [-0.4, -0.2) is 53.9 Å². The van der Waals surface area contributed by atoms with Crippen LogP contribution in [0.15, 0.2) is 48.5 Å². The zero-order valence-corrected chi connectivity index (χ0v) is 21.0. The molecule has 2 aliphatic heterocycles. The maximum Gasteiger partial charge on any atom is 0.416 e. The number of hydrogen-bond acceptors (Lipinski definition) is 5. The Kier molecular flexibility index (Phi) is 7.09. The van der Waals surface area contributed by atoms with Gasteiger partial charge in [-0.2, -0.15) is 23.4 Å². The van der Waals surface area contributed by atoms with E-state index in [4.69, 9.17) is 16.3 Å². The Hall–Kier alpha value is -3.17. The molecule has 1 fully saturated rings. The minimum absolute atomic E-state index is 0.0478. The molecule has 194 valence electrons. The molecular weight excluding hydrogens is 505 g/mol. The van der Waals surface area contributed by atoms with Crippen LogP contribution in [0, 0.1) is 0 Å². The molecule has 0 radical (unpaired) electrons. The fourth-order valence-electron chi connectivity index (χ4n) is 4.95. The van der Waals surface area contributed by atoms with Gasteiger partial charge in [-0.3, -0.25) is 4.79 Å². The smallest absolute Gasteiger partial charge is 0.378 e. The Labute approximate surface area is 218 Å². The number of hydrogen-bond donors (Lipinski definition) is 0. The predicted molar refractivity (Wildman–Crippen MR) is 135 cm³/mol. The Morgan fingerprint density at radius 2 is 1.76 bits per heavy atom. The molecule has 0 unspecified atom stereocenters. The van der Waals surface area contributed by atoms with Crippen molar-refractivity contribution in [3.8, 4) is 11.3 Å². The van der Waals surface area contributed by atoms with Crippen molar-refractivity contribution in [2.45, 2.75) is 32.0 Å². The molecule has 3 aromatic rings. The van der Waals surface area contributed by atoms with Gasteiger partial charge >= 0.3 is 6.18 Å². The minimum Gasteiger partial charge on any atom is -0.378 e. The molecule has 5 rings (SSSR count). The second-order valence-electron chi connectivity index (χ2n) is 9.25. The predicted octanol–water partition coefficient (Wildman–Crippen LogP) is 5.80. The van der Waals surface area contributed by atoms with Gasteiger partial charge in [0.2, 0.25) is 0 Å². The fourth-order valence-corrected chi connectivity index (χ4v) is 5.13. The average Bonchev–Trinajstić information content (AvgIpc) is 2.91. The number of carbonyl (C=O) groups excluding carboxylic acids is 1. The van der Waals surface area contributed by atoms with Gasteiger partial charge in [0.05, 0.1) is 41.9 Å². The van der Waals surface area contributed by atoms with Crippen molar-refractivity contribution in [3.63, 3.8) is 0 Å². The van der Waals surface area contributed by atoms with Crippen molar-refractivity contribution in [1.82, 2.24) is 15.1 Å². The molecule has 1 saturated heterocycles. The summed E-state index contributed by atoms with van der Waals surface area (Å²) in [5.41, 5.74) is 2.86. The minimum atomic E-state index is -4.49. The van der Waals surface area contributed by atoms with Crippen LogP contribution in [0.4, 0.5) is 18.9 Å². The number of anilines is 1. The van der Waals surface area contributed by atoms with Gasteiger partial charge < -0.3 is 14.5 Å². The molecule has 37 heavy (non-hydrogen) atoms. The van der Waals surface area contributed by atoms with E-state index in [-0.39, 0.29) is 16.5 Å². The first-order chi connectivity index (χ1) is 17.7. The second-order valence-corrected chi connectivity index (χ2v) is 9.68. The summed E-state index contributed by atoms with van der Waals surface area (Å²) in [7, 11) is 0. The number of morpholine rings is 1. The van der Waals surface area contributed by atoms with Crippen molar-refractivity contribution in [1.29, 1.82) is 0 Å². The fraction of sp³-hybridized carbons (Fsp3) is 0.370. The molecular formula is C27H26ClF3N4O2. The lowest BCUT2D eigenvalue weighted by Gasteiger charge is -2.37. The lowest BCUT2D eigenvalue weighted by molar-refractivity contribution is -0.138. The lowest BCUT2D eigenvalue weighted by atomic mass is 9.96. The van der Waals surface area contributed by atoms with E-state index in [1.165, 1.54) is 12.1 Å². The van der Waals surface area contributed by atoms with E-state index >= 15 is 0 Å². The molecule has 2 aromatic carbocycles. The Morgan fingerprint density at radius 3 is 2.46 bits per heavy atom. The topological polar surface area (TPSA) is 58.6 Å². The van der Waals surface area contributed by atoms with Crippen molar-refractivity contribution >= 4 is 23.2 Å². The number of alkyl halides is 3. The summed E-state index contributed by atoms with van der Waals surface area (Å²) >= 11 is 6.10. The zero-order valence-electron chi connectivity index (χ0n) is 20.3. The van der Waals surface area contributed by atoms with Gasteiger partial charge in [0, 0.05) is 35.8 Å². The molecule has 0 spiro atoms. The van der Waals surface area contributed by atoms with Crippen molar-refractivity contribution in [3.05, 3.63) is 75.9 Å². The monoisotopic (exact) mass is 530 g/mol. The number of aryl methyl sites for hydroxylation is 1. The highest BCUT2D eigenvalue weighted by atomic mass is 35.5. The molecule has 0 saturated carbocycles. The Morgan fingerprint density at radius 1 is 1.03 bits per heavy atom. The number of carbonyl (C=O) groups is 1. The molecule has 6 nitrogen and oxygen atoms in total. The Bertz CT molecular complexity index is 1290. The average molecular weight is 531 g/mol. The van der Waals surface area contributed by atoms with Gasteiger partial charge in [0.25, 0.3) is 5.91 Å². The number of fused-ring (bicyclic) bond motifs is 1. The highest BCUT2D eigenvalue weighted by molar-refractivity contribution is 6.30. The zero-order chi connectivity index (χ0) is 26.2. The number of rotatable bonds is 4. The number of benzene rings is 2. The van der Waals surface area contributed by atoms with Gasteiger partial charge in [0.1, 0.15) is 0 Å². The SMILES string of the molecule is C[C@H](c1cc(Cl)ccc1C(F)(F)F)N1CCCc2nnc(-c3ccc(C(=O)N4CCOCC4)cc3)cc21. The van der Waals surface area contributed by atoms with Crippen molar-refractivity contribution in [2.75, 3.05) is 37.7 Å². The summed E-state index contributed by atoms with van der Waals surface area (Å²) in [4.78, 5) is 16.5. The maximum absolute atomic E-state index is 13.8. The van der Waals surface area contributed by atoms with Crippen LogP contribution in [0.2, 0.25) is 5.02 Å². The van der Waals surface area contributed by atoms with Crippen LogP contribution < -0.4 is 4.90 Å². The number of ether oxygens (including phenoxy) is 1. The number of nitrogens with zero attached hydrogens (tertiary/aromatic N) is 4. The highest BCUT2D eigenvalue weighted by Crippen LogP contribution is 2.41. The quantitative estimate of drug-likeness (QED) is 0.426. The normalized spacial score (nSPS) is 16.9. The summed E-state index contributed by atoms with van der Waals surface area (Å²) in [6, 6.07) is 12.1. The van der Waals surface area contributed by atoms with E-state index in [0.717, 1.165) is 29.4 Å². The largest absolute Gasteiger partial charge is 0.416 e. The standard InChI is InChI=1S/C27H26ClF3N4O2/c1-17(21-15-20(28)8-9-22(21)27(29,30)31)35-10-2-3-23-25(35)16-24(33-32-23)18-4-6-19(7-5-18)26(36)34-11-13-37-14-12-34/h4-9,15-17H,2-3,10-14H2,1H3/t17-/m1/s1. The first-order valence-corrected chi connectivity index (χ1v) is 12.6. The van der Waals surface area contributed by atoms with E-state index in [1.807, 2.05) is 23.1 Å². The van der Waals surface area contributed by atoms with Crippen LogP contribution in [0.25, 0.3) is 11.3 Å². The molecule has 2 aliphatic rings. The lowest BCUT2D eigenvalue weighted by Crippen LogP contribution is -2.40. The third kappa shape index (κ3) is 5.29. The van der Waals surface area contributed by atoms with Crippen LogP contribution in [0.3, 0.4) is 0 Å². The van der Waals surface area contributed by atoms with E-state index in [0.29, 0.717) is 50.5 Å². The van der Waals surface area contributed by atoms with Crippen LogP contribution in [0.1, 0.15) is 46.6 Å². The van der Waals surface area contributed by atoms with Crippen molar-refractivity contribution < 1.29 is 22.7 Å². The molecule has 0 N–H and O–H groups in total. The first-order valence-electron chi connectivity index (χ1n) is 12.2. The second kappa shape index (κ2) is 10.3. The third-order valence-electron chi connectivity index (χ3n) is 6.93. The summed E-state index contributed by atoms with van der Waals surface area (Å²) in [5.74, 6) is -0.0478. The molecule has 1 aromatic heterocycles. The van der Waals surface area contributed by atoms with Crippen LogP contribution >= 0.6 is 11.6 Å². The van der Waals surface area contributed by atoms with Gasteiger partial charge in [-0.15, -0.1) is 0 Å². The van der Waals surface area contributed by atoms with E-state index in [2.05, 4.69) is 10.2 Å². The molecule has 0 aliphatic carbocycles. The Balaban J connectivity index is 1.44. The number of aromatic nitrogens is 2. The third-order valence-corrected chi connectivity index (χ3v) is 7.17. The van der Waals surface area contributed by atoms with Crippen molar-refractivity contribution in [2.24, 2.45) is 0 Å². The highest BCUT2D eigenvalue weighted by Gasteiger charge is 2.36. The summed E-state index contributed by atoms with van der Waals surface area (Å²) in [6.07, 6.45) is -3.04. The molecule has 3 heterocycles.